The molecule has 1 radical (unpaired) electrons. The minimum Gasteiger partial charge on any atom is -0.207 e. The molecule has 0 aromatic heterocycles. The van der Waals surface area contributed by atoms with Crippen molar-refractivity contribution in [3.8, 4) is 0 Å². The summed E-state index contributed by atoms with van der Waals surface area (Å²) in [6.45, 7) is 3.75. The van der Waals surface area contributed by atoms with Crippen LogP contribution in [0.25, 0.3) is 0 Å². The third kappa shape index (κ3) is 3.47. The van der Waals surface area contributed by atoms with Crippen LogP contribution in [0.1, 0.15) is 24.8 Å². The van der Waals surface area contributed by atoms with Crippen LogP contribution in [0, 0.1) is 12.7 Å². The van der Waals surface area contributed by atoms with Crippen molar-refractivity contribution in [3.05, 3.63) is 41.0 Å². The number of aryl methyl sites for hydroxylation is 1. The Hall–Kier alpha value is -0.370. The average Bonchev–Trinajstić information content (AvgIpc) is 2.09. The summed E-state index contributed by atoms with van der Waals surface area (Å²) in [6.07, 6.45) is 3.82. The van der Waals surface area contributed by atoms with Gasteiger partial charge >= 0.3 is 0 Å². The second-order valence-corrected chi connectivity index (χ2v) is 3.96. The summed E-state index contributed by atoms with van der Waals surface area (Å²) in [6, 6.07) is 5.23. The van der Waals surface area contributed by atoms with Gasteiger partial charge in [-0.05, 0) is 30.5 Å². The number of hydrogen-bond donors (Lipinski definition) is 0. The van der Waals surface area contributed by atoms with E-state index in [0.717, 1.165) is 35.7 Å². The van der Waals surface area contributed by atoms with Crippen molar-refractivity contribution in [2.45, 2.75) is 25.7 Å². The normalized spacial score (nSPS) is 10.4. The monoisotopic (exact) mass is 243 g/mol. The molecule has 71 valence electrons. The van der Waals surface area contributed by atoms with Crippen molar-refractivity contribution in [1.82, 2.24) is 0 Å². The van der Waals surface area contributed by atoms with Crippen molar-refractivity contribution in [2.75, 3.05) is 0 Å². The van der Waals surface area contributed by atoms with E-state index in [-0.39, 0.29) is 5.82 Å². The number of hydrogen-bond acceptors (Lipinski definition) is 0. The fraction of sp³-hybridized carbons (Fsp3) is 0.364. The van der Waals surface area contributed by atoms with E-state index in [4.69, 9.17) is 0 Å². The maximum Gasteiger partial charge on any atom is 0.127 e. The first kappa shape index (κ1) is 10.7. The van der Waals surface area contributed by atoms with Crippen LogP contribution in [-0.4, -0.2) is 0 Å². The van der Waals surface area contributed by atoms with Gasteiger partial charge in [0.15, 0.2) is 0 Å². The van der Waals surface area contributed by atoms with Gasteiger partial charge in [-0.2, -0.15) is 0 Å². The first-order valence-electron chi connectivity index (χ1n) is 4.47. The Bertz CT molecular complexity index is 271. The molecule has 0 amide bonds. The second-order valence-electron chi connectivity index (χ2n) is 3.05. The Balaban J connectivity index is 2.56. The average molecular weight is 244 g/mol. The fourth-order valence-electron chi connectivity index (χ4n) is 1.22. The van der Waals surface area contributed by atoms with Crippen LogP contribution in [0.3, 0.4) is 0 Å². The number of halogens is 2. The molecule has 0 fully saturated rings. The smallest absolute Gasteiger partial charge is 0.127 e. The number of benzene rings is 1. The van der Waals surface area contributed by atoms with Crippen molar-refractivity contribution >= 4 is 15.9 Å². The Labute approximate surface area is 87.3 Å². The quantitative estimate of drug-likeness (QED) is 0.698. The first-order chi connectivity index (χ1) is 6.24. The third-order valence-corrected chi connectivity index (χ3v) is 2.45. The summed E-state index contributed by atoms with van der Waals surface area (Å²) < 4.78 is 14.0. The molecule has 13 heavy (non-hydrogen) atoms. The van der Waals surface area contributed by atoms with Crippen LogP contribution in [0.5, 0.6) is 0 Å². The van der Waals surface area contributed by atoms with Crippen LogP contribution >= 0.6 is 15.9 Å². The predicted octanol–water partition coefficient (Wildman–Crippen LogP) is 4.14. The van der Waals surface area contributed by atoms with Gasteiger partial charge in [-0.25, -0.2) is 4.39 Å². The molecule has 0 saturated heterocycles. The van der Waals surface area contributed by atoms with Gasteiger partial charge in [0, 0.05) is 4.47 Å². The standard InChI is InChI=1S/C11H13BrF/c1-2-3-4-5-9-6-7-10(12)8-11(9)13/h6-8H,1-5H2. The van der Waals surface area contributed by atoms with Crippen molar-refractivity contribution in [2.24, 2.45) is 0 Å². The Kier molecular flexibility index (Phi) is 4.43. The first-order valence-corrected chi connectivity index (χ1v) is 5.26. The van der Waals surface area contributed by atoms with Crippen LogP contribution in [0.4, 0.5) is 4.39 Å². The fourth-order valence-corrected chi connectivity index (χ4v) is 1.55. The van der Waals surface area contributed by atoms with Gasteiger partial charge in [-0.1, -0.05) is 41.8 Å². The van der Waals surface area contributed by atoms with E-state index in [1.165, 1.54) is 6.07 Å². The van der Waals surface area contributed by atoms with Crippen LogP contribution in [-0.2, 0) is 6.42 Å². The number of rotatable bonds is 4. The minimum atomic E-state index is -0.113. The van der Waals surface area contributed by atoms with Gasteiger partial charge in [-0.3, -0.25) is 0 Å². The molecule has 0 unspecified atom stereocenters. The molecule has 0 aliphatic rings. The minimum absolute atomic E-state index is 0.113. The highest BCUT2D eigenvalue weighted by atomic mass is 79.9. The van der Waals surface area contributed by atoms with E-state index >= 15 is 0 Å². The van der Waals surface area contributed by atoms with E-state index in [2.05, 4.69) is 22.9 Å². The molecule has 0 atom stereocenters. The SMILES string of the molecule is [CH2]CCCCc1ccc(Br)cc1F. The molecule has 0 N–H and O–H groups in total. The molecule has 1 aromatic rings. The largest absolute Gasteiger partial charge is 0.207 e. The molecule has 0 nitrogen and oxygen atoms in total. The summed E-state index contributed by atoms with van der Waals surface area (Å²) in [7, 11) is 0. The highest BCUT2D eigenvalue weighted by Crippen LogP contribution is 2.17. The molecule has 1 rings (SSSR count). The topological polar surface area (TPSA) is 0 Å². The lowest BCUT2D eigenvalue weighted by atomic mass is 10.1. The van der Waals surface area contributed by atoms with Gasteiger partial charge in [-0.15, -0.1) is 0 Å². The summed E-state index contributed by atoms with van der Waals surface area (Å²) in [5.41, 5.74) is 0.802. The van der Waals surface area contributed by atoms with Crippen LogP contribution in [0.2, 0.25) is 0 Å². The van der Waals surface area contributed by atoms with Gasteiger partial charge in [0.2, 0.25) is 0 Å². The van der Waals surface area contributed by atoms with Gasteiger partial charge in [0.05, 0.1) is 0 Å². The van der Waals surface area contributed by atoms with E-state index in [1.54, 1.807) is 0 Å². The number of unbranched alkanes of at least 4 members (excludes halogenated alkanes) is 2. The van der Waals surface area contributed by atoms with Crippen molar-refractivity contribution < 1.29 is 4.39 Å². The predicted molar refractivity (Wildman–Crippen MR) is 57.0 cm³/mol. The molecule has 0 saturated carbocycles. The van der Waals surface area contributed by atoms with Crippen molar-refractivity contribution in [1.29, 1.82) is 0 Å². The Morgan fingerprint density at radius 2 is 2.08 bits per heavy atom. The van der Waals surface area contributed by atoms with Gasteiger partial charge < -0.3 is 0 Å². The molecule has 0 aliphatic heterocycles. The molecule has 0 bridgehead atoms. The molecule has 0 heterocycles. The van der Waals surface area contributed by atoms with E-state index in [0.29, 0.717) is 0 Å². The van der Waals surface area contributed by atoms with Crippen LogP contribution < -0.4 is 0 Å². The van der Waals surface area contributed by atoms with Crippen LogP contribution in [0.15, 0.2) is 22.7 Å². The maximum atomic E-state index is 13.2. The van der Waals surface area contributed by atoms with E-state index in [9.17, 15) is 4.39 Å². The molecule has 2 heteroatoms. The van der Waals surface area contributed by atoms with Crippen molar-refractivity contribution in [3.63, 3.8) is 0 Å². The maximum absolute atomic E-state index is 13.2. The zero-order valence-electron chi connectivity index (χ0n) is 7.52. The summed E-state index contributed by atoms with van der Waals surface area (Å²) in [5, 5.41) is 0. The van der Waals surface area contributed by atoms with E-state index in [1.807, 2.05) is 12.1 Å². The molecular formula is C11H13BrF. The molecule has 1 aromatic carbocycles. The Morgan fingerprint density at radius 1 is 1.31 bits per heavy atom. The zero-order chi connectivity index (χ0) is 9.68. The zero-order valence-corrected chi connectivity index (χ0v) is 9.11. The Morgan fingerprint density at radius 3 is 2.69 bits per heavy atom. The lowest BCUT2D eigenvalue weighted by Gasteiger charge is -2.02. The van der Waals surface area contributed by atoms with Gasteiger partial charge in [0.1, 0.15) is 5.82 Å². The molecular weight excluding hydrogens is 231 g/mol. The highest BCUT2D eigenvalue weighted by Gasteiger charge is 2.01. The van der Waals surface area contributed by atoms with E-state index < -0.39 is 0 Å². The molecule has 0 aliphatic carbocycles. The molecule has 0 spiro atoms. The third-order valence-electron chi connectivity index (χ3n) is 1.96. The van der Waals surface area contributed by atoms with Gasteiger partial charge in [0.25, 0.3) is 0 Å². The second kappa shape index (κ2) is 5.38. The summed E-state index contributed by atoms with van der Waals surface area (Å²) >= 11 is 3.23. The summed E-state index contributed by atoms with van der Waals surface area (Å²) in [4.78, 5) is 0. The lowest BCUT2D eigenvalue weighted by molar-refractivity contribution is 0.600. The lowest BCUT2D eigenvalue weighted by Crippen LogP contribution is -1.90. The highest BCUT2D eigenvalue weighted by molar-refractivity contribution is 9.10. The summed E-state index contributed by atoms with van der Waals surface area (Å²) in [5.74, 6) is -0.113.